The molecule has 7 heteroatoms. The minimum absolute atomic E-state index is 0.0326. The van der Waals surface area contributed by atoms with Crippen molar-refractivity contribution in [3.63, 3.8) is 0 Å². The first-order valence-electron chi connectivity index (χ1n) is 9.47. The fourth-order valence-electron chi connectivity index (χ4n) is 3.44. The van der Waals surface area contributed by atoms with Gasteiger partial charge in [0.2, 0.25) is 6.79 Å². The number of nitrogens with zero attached hydrogens (tertiary/aromatic N) is 1. The van der Waals surface area contributed by atoms with Crippen LogP contribution in [0.25, 0.3) is 10.9 Å². The van der Waals surface area contributed by atoms with Gasteiger partial charge in [0.15, 0.2) is 11.5 Å². The number of ether oxygens (including phenoxy) is 2. The second-order valence-electron chi connectivity index (χ2n) is 7.09. The maximum atomic E-state index is 13.0. The highest BCUT2D eigenvalue weighted by atomic mass is 16.7. The summed E-state index contributed by atoms with van der Waals surface area (Å²) in [6.45, 7) is 2.54. The number of carbonyl (C=O) groups excluding carboxylic acids is 1. The molecule has 2 N–H and O–H groups in total. The van der Waals surface area contributed by atoms with Gasteiger partial charge in [-0.1, -0.05) is 17.7 Å². The van der Waals surface area contributed by atoms with Gasteiger partial charge in [-0.2, -0.15) is 0 Å². The third-order valence-corrected chi connectivity index (χ3v) is 4.91. The lowest BCUT2D eigenvalue weighted by Crippen LogP contribution is -2.34. The summed E-state index contributed by atoms with van der Waals surface area (Å²) >= 11 is 0. The number of amides is 1. The number of hydrogen-bond donors (Lipinski definition) is 2. The summed E-state index contributed by atoms with van der Waals surface area (Å²) in [5.41, 5.74) is 2.40. The van der Waals surface area contributed by atoms with Gasteiger partial charge in [-0.25, -0.2) is 0 Å². The molecule has 0 atom stereocenters. The van der Waals surface area contributed by atoms with E-state index in [1.54, 1.807) is 23.1 Å². The summed E-state index contributed by atoms with van der Waals surface area (Å²) < 4.78 is 10.8. The zero-order chi connectivity index (χ0) is 20.4. The highest BCUT2D eigenvalue weighted by Crippen LogP contribution is 2.35. The number of H-pyrrole nitrogens is 1. The molecule has 0 fully saturated rings. The van der Waals surface area contributed by atoms with Gasteiger partial charge < -0.3 is 24.5 Å². The van der Waals surface area contributed by atoms with E-state index in [1.807, 2.05) is 31.2 Å². The molecule has 1 aliphatic heterocycles. The molecule has 1 aliphatic rings. The lowest BCUT2D eigenvalue weighted by Gasteiger charge is -2.22. The maximum Gasteiger partial charge on any atom is 0.254 e. The van der Waals surface area contributed by atoms with Crippen LogP contribution < -0.4 is 15.0 Å². The average Bonchev–Trinajstić information content (AvgIpc) is 3.16. The van der Waals surface area contributed by atoms with Crippen molar-refractivity contribution in [3.05, 3.63) is 69.5 Å². The Morgan fingerprint density at radius 3 is 2.72 bits per heavy atom. The largest absolute Gasteiger partial charge is 0.454 e. The van der Waals surface area contributed by atoms with Crippen LogP contribution in [0.1, 0.15) is 27.9 Å². The van der Waals surface area contributed by atoms with Gasteiger partial charge in [0.05, 0.1) is 12.1 Å². The van der Waals surface area contributed by atoms with E-state index in [9.17, 15) is 14.7 Å². The number of pyridine rings is 1. The Morgan fingerprint density at radius 2 is 1.97 bits per heavy atom. The Bertz CT molecular complexity index is 1120. The number of fused-ring (bicyclic) bond motifs is 2. The van der Waals surface area contributed by atoms with Gasteiger partial charge in [0, 0.05) is 35.7 Å². The number of benzene rings is 2. The number of aryl methyl sites for hydroxylation is 1. The molecule has 3 aromatic rings. The molecule has 0 radical (unpaired) electrons. The molecule has 0 saturated carbocycles. The monoisotopic (exact) mass is 394 g/mol. The summed E-state index contributed by atoms with van der Waals surface area (Å²) in [6, 6.07) is 12.7. The van der Waals surface area contributed by atoms with Crippen molar-refractivity contribution in [3.8, 4) is 11.5 Å². The fourth-order valence-corrected chi connectivity index (χ4v) is 3.44. The van der Waals surface area contributed by atoms with E-state index in [2.05, 4.69) is 4.98 Å². The summed E-state index contributed by atoms with van der Waals surface area (Å²) in [5.74, 6) is 1.05. The molecule has 0 bridgehead atoms. The highest BCUT2D eigenvalue weighted by molar-refractivity contribution is 5.94. The molecule has 2 heterocycles. The molecule has 0 aliphatic carbocycles. The molecule has 4 rings (SSSR count). The van der Waals surface area contributed by atoms with Crippen LogP contribution in [0.5, 0.6) is 11.5 Å². The van der Waals surface area contributed by atoms with Gasteiger partial charge >= 0.3 is 0 Å². The molecule has 0 spiro atoms. The van der Waals surface area contributed by atoms with E-state index in [1.165, 1.54) is 0 Å². The number of aromatic nitrogens is 1. The van der Waals surface area contributed by atoms with E-state index >= 15 is 0 Å². The number of rotatable bonds is 6. The normalized spacial score (nSPS) is 12.3. The van der Waals surface area contributed by atoms with Crippen molar-refractivity contribution < 1.29 is 19.4 Å². The SMILES string of the molecule is Cc1cccc(C(=O)N(CCCO)Cc2cc3cc4c(cc3[nH]c2=O)OCO4)c1. The number of hydrogen-bond acceptors (Lipinski definition) is 5. The maximum absolute atomic E-state index is 13.0. The highest BCUT2D eigenvalue weighted by Gasteiger charge is 2.19. The first kappa shape index (κ1) is 19.0. The minimum Gasteiger partial charge on any atom is -0.454 e. The molecule has 7 nitrogen and oxygen atoms in total. The zero-order valence-corrected chi connectivity index (χ0v) is 16.1. The number of aliphatic hydroxyl groups is 1. The van der Waals surface area contributed by atoms with E-state index < -0.39 is 0 Å². The van der Waals surface area contributed by atoms with Crippen molar-refractivity contribution in [1.82, 2.24) is 9.88 Å². The topological polar surface area (TPSA) is 91.9 Å². The Kier molecular flexibility index (Phi) is 5.22. The van der Waals surface area contributed by atoms with E-state index in [4.69, 9.17) is 9.47 Å². The molecular formula is C22H22N2O5. The Morgan fingerprint density at radius 1 is 1.17 bits per heavy atom. The van der Waals surface area contributed by atoms with Crippen molar-refractivity contribution in [1.29, 1.82) is 0 Å². The molecular weight excluding hydrogens is 372 g/mol. The third kappa shape index (κ3) is 3.95. The summed E-state index contributed by atoms with van der Waals surface area (Å²) in [5, 5.41) is 10.0. The first-order chi connectivity index (χ1) is 14.0. The smallest absolute Gasteiger partial charge is 0.254 e. The Labute approximate surface area is 167 Å². The van der Waals surface area contributed by atoms with Crippen LogP contribution in [0.3, 0.4) is 0 Å². The van der Waals surface area contributed by atoms with E-state index in [-0.39, 0.29) is 31.4 Å². The van der Waals surface area contributed by atoms with Crippen LogP contribution in [-0.2, 0) is 6.54 Å². The zero-order valence-electron chi connectivity index (χ0n) is 16.1. The van der Waals surface area contributed by atoms with Gasteiger partial charge in [0.1, 0.15) is 0 Å². The lowest BCUT2D eigenvalue weighted by atomic mass is 10.1. The van der Waals surface area contributed by atoms with Crippen molar-refractivity contribution >= 4 is 16.8 Å². The third-order valence-electron chi connectivity index (χ3n) is 4.91. The molecule has 0 saturated heterocycles. The number of carbonyl (C=O) groups is 1. The van der Waals surface area contributed by atoms with Crippen molar-refractivity contribution in [2.24, 2.45) is 0 Å². The predicted molar refractivity (Wildman–Crippen MR) is 108 cm³/mol. The second kappa shape index (κ2) is 7.97. The predicted octanol–water partition coefficient (Wildman–Crippen LogP) is 2.59. The molecule has 2 aromatic carbocycles. The Balaban J connectivity index is 1.67. The summed E-state index contributed by atoms with van der Waals surface area (Å²) in [7, 11) is 0. The number of aromatic amines is 1. The molecule has 29 heavy (non-hydrogen) atoms. The standard InChI is InChI=1S/C22H22N2O5/c1-14-4-2-5-15(8-14)22(27)24(6-3-7-25)12-17-9-16-10-19-20(29-13-28-19)11-18(16)23-21(17)26/h2,4-5,8-11,25H,3,6-7,12-13H2,1H3,(H,23,26). The van der Waals surface area contributed by atoms with Gasteiger partial charge in [0.25, 0.3) is 11.5 Å². The van der Waals surface area contributed by atoms with Crippen LogP contribution in [0.15, 0.2) is 47.3 Å². The van der Waals surface area contributed by atoms with Gasteiger partial charge in [-0.15, -0.1) is 0 Å². The molecule has 150 valence electrons. The molecule has 1 aromatic heterocycles. The van der Waals surface area contributed by atoms with Crippen LogP contribution in [0.4, 0.5) is 0 Å². The number of nitrogens with one attached hydrogen (secondary N) is 1. The van der Waals surface area contributed by atoms with Crippen LogP contribution in [0, 0.1) is 6.92 Å². The van der Waals surface area contributed by atoms with E-state index in [0.717, 1.165) is 10.9 Å². The Hall–Kier alpha value is -3.32. The van der Waals surface area contributed by atoms with Crippen molar-refractivity contribution in [2.75, 3.05) is 19.9 Å². The minimum atomic E-state index is -0.262. The van der Waals surface area contributed by atoms with Crippen LogP contribution in [0.2, 0.25) is 0 Å². The average molecular weight is 394 g/mol. The van der Waals surface area contributed by atoms with Gasteiger partial charge in [-0.05, 0) is 37.6 Å². The van der Waals surface area contributed by atoms with E-state index in [0.29, 0.717) is 41.1 Å². The lowest BCUT2D eigenvalue weighted by molar-refractivity contribution is 0.0731. The van der Waals surface area contributed by atoms with Crippen molar-refractivity contribution in [2.45, 2.75) is 19.9 Å². The summed E-state index contributed by atoms with van der Waals surface area (Å²) in [4.78, 5) is 30.1. The van der Waals surface area contributed by atoms with Crippen LogP contribution >= 0.6 is 0 Å². The van der Waals surface area contributed by atoms with Crippen LogP contribution in [-0.4, -0.2) is 40.8 Å². The first-order valence-corrected chi connectivity index (χ1v) is 9.47. The van der Waals surface area contributed by atoms with Gasteiger partial charge in [-0.3, -0.25) is 9.59 Å². The number of aliphatic hydroxyl groups excluding tert-OH is 1. The molecule has 1 amide bonds. The quantitative estimate of drug-likeness (QED) is 0.671. The fraction of sp³-hybridized carbons (Fsp3) is 0.273. The molecule has 0 unspecified atom stereocenters. The summed E-state index contributed by atoms with van der Waals surface area (Å²) in [6.07, 6.45) is 0.432. The second-order valence-corrected chi connectivity index (χ2v) is 7.09.